The molecule has 1 aromatic heterocycles. The number of benzene rings is 1. The van der Waals surface area contributed by atoms with Crippen molar-refractivity contribution in [2.75, 3.05) is 11.1 Å². The number of carbonyl (C=O) groups excluding carboxylic acids is 1. The van der Waals surface area contributed by atoms with Gasteiger partial charge in [-0.1, -0.05) is 16.1 Å². The number of carbonyl (C=O) groups is 1. The van der Waals surface area contributed by atoms with Gasteiger partial charge in [0.1, 0.15) is 4.88 Å². The molecule has 0 saturated heterocycles. The van der Waals surface area contributed by atoms with Gasteiger partial charge in [0.2, 0.25) is 0 Å². The number of hydrogen-bond acceptors (Lipinski definition) is 5. The highest BCUT2D eigenvalue weighted by Gasteiger charge is 2.09. The van der Waals surface area contributed by atoms with Gasteiger partial charge in [0.05, 0.1) is 16.9 Å². The minimum atomic E-state index is -0.268. The summed E-state index contributed by atoms with van der Waals surface area (Å²) in [4.78, 5) is 12.1. The standard InChI is InChI=1S/C9H7ClN4OS/c10-6-3-5(1-2-7(6)11)13-9(15)8-4-12-14-16-8/h1-4H,11H2,(H,13,15). The number of halogens is 1. The Morgan fingerprint density at radius 3 is 2.94 bits per heavy atom. The summed E-state index contributed by atoms with van der Waals surface area (Å²) in [7, 11) is 0. The zero-order valence-electron chi connectivity index (χ0n) is 7.98. The van der Waals surface area contributed by atoms with Crippen LogP contribution in [0.4, 0.5) is 11.4 Å². The molecule has 1 heterocycles. The summed E-state index contributed by atoms with van der Waals surface area (Å²) < 4.78 is 3.60. The van der Waals surface area contributed by atoms with Gasteiger partial charge in [0.15, 0.2) is 0 Å². The van der Waals surface area contributed by atoms with Crippen LogP contribution in [0.25, 0.3) is 0 Å². The van der Waals surface area contributed by atoms with Gasteiger partial charge in [-0.05, 0) is 29.7 Å². The fourth-order valence-corrected chi connectivity index (χ4v) is 1.66. The van der Waals surface area contributed by atoms with E-state index in [9.17, 15) is 4.79 Å². The van der Waals surface area contributed by atoms with Crippen molar-refractivity contribution in [2.24, 2.45) is 0 Å². The van der Waals surface area contributed by atoms with E-state index in [-0.39, 0.29) is 5.91 Å². The largest absolute Gasteiger partial charge is 0.398 e. The molecule has 0 bridgehead atoms. The first-order valence-corrected chi connectivity index (χ1v) is 5.45. The second-order valence-corrected chi connectivity index (χ2v) is 4.17. The summed E-state index contributed by atoms with van der Waals surface area (Å²) in [5.74, 6) is -0.268. The van der Waals surface area contributed by atoms with Crippen LogP contribution in [0, 0.1) is 0 Å². The average Bonchev–Trinajstić information content (AvgIpc) is 2.77. The van der Waals surface area contributed by atoms with Crippen molar-refractivity contribution in [3.63, 3.8) is 0 Å². The molecule has 16 heavy (non-hydrogen) atoms. The second kappa shape index (κ2) is 4.46. The summed E-state index contributed by atoms with van der Waals surface area (Å²) in [6.45, 7) is 0. The van der Waals surface area contributed by atoms with Crippen LogP contribution in [-0.2, 0) is 0 Å². The summed E-state index contributed by atoms with van der Waals surface area (Å²) in [6.07, 6.45) is 1.40. The highest BCUT2D eigenvalue weighted by Crippen LogP contribution is 2.23. The predicted octanol–water partition coefficient (Wildman–Crippen LogP) is 2.03. The van der Waals surface area contributed by atoms with E-state index in [4.69, 9.17) is 17.3 Å². The van der Waals surface area contributed by atoms with Crippen LogP contribution in [0.5, 0.6) is 0 Å². The van der Waals surface area contributed by atoms with E-state index in [1.807, 2.05) is 0 Å². The lowest BCUT2D eigenvalue weighted by Gasteiger charge is -2.04. The Morgan fingerprint density at radius 2 is 2.31 bits per heavy atom. The number of aromatic nitrogens is 2. The molecule has 1 aromatic carbocycles. The molecule has 0 unspecified atom stereocenters. The third kappa shape index (κ3) is 2.29. The number of nitrogens with zero attached hydrogens (tertiary/aromatic N) is 2. The Bertz CT molecular complexity index is 514. The Morgan fingerprint density at radius 1 is 1.50 bits per heavy atom. The zero-order chi connectivity index (χ0) is 11.5. The maximum Gasteiger partial charge on any atom is 0.269 e. The molecule has 0 saturated carbocycles. The first-order valence-electron chi connectivity index (χ1n) is 4.30. The Labute approximate surface area is 100 Å². The van der Waals surface area contributed by atoms with Crippen molar-refractivity contribution >= 4 is 40.4 Å². The van der Waals surface area contributed by atoms with E-state index >= 15 is 0 Å². The minimum absolute atomic E-state index is 0.268. The van der Waals surface area contributed by atoms with E-state index < -0.39 is 0 Å². The number of hydrogen-bond donors (Lipinski definition) is 2. The summed E-state index contributed by atoms with van der Waals surface area (Å²) >= 11 is 6.85. The highest BCUT2D eigenvalue weighted by molar-refractivity contribution is 7.07. The van der Waals surface area contributed by atoms with E-state index in [0.29, 0.717) is 21.3 Å². The molecule has 0 spiro atoms. The van der Waals surface area contributed by atoms with Crippen molar-refractivity contribution in [3.05, 3.63) is 34.3 Å². The maximum absolute atomic E-state index is 11.6. The van der Waals surface area contributed by atoms with Crippen LogP contribution >= 0.6 is 23.1 Å². The predicted molar refractivity (Wildman–Crippen MR) is 63.7 cm³/mol. The van der Waals surface area contributed by atoms with Gasteiger partial charge in [0, 0.05) is 5.69 Å². The van der Waals surface area contributed by atoms with Crippen LogP contribution in [0.1, 0.15) is 9.67 Å². The molecule has 5 nitrogen and oxygen atoms in total. The third-order valence-electron chi connectivity index (χ3n) is 1.84. The lowest BCUT2D eigenvalue weighted by molar-refractivity contribution is 0.103. The maximum atomic E-state index is 11.6. The molecule has 0 fully saturated rings. The third-order valence-corrected chi connectivity index (χ3v) is 2.83. The molecule has 2 aromatic rings. The summed E-state index contributed by atoms with van der Waals surface area (Å²) in [5.41, 5.74) is 6.60. The van der Waals surface area contributed by atoms with Crippen molar-refractivity contribution in [1.29, 1.82) is 0 Å². The Balaban J connectivity index is 2.15. The van der Waals surface area contributed by atoms with Crippen molar-refractivity contribution in [1.82, 2.24) is 9.59 Å². The molecule has 0 aliphatic heterocycles. The van der Waals surface area contributed by atoms with Gasteiger partial charge in [-0.25, -0.2) is 0 Å². The van der Waals surface area contributed by atoms with Gasteiger partial charge in [-0.2, -0.15) is 0 Å². The summed E-state index contributed by atoms with van der Waals surface area (Å²) in [6, 6.07) is 4.89. The molecule has 1 amide bonds. The molecular weight excluding hydrogens is 248 g/mol. The number of nitrogens with two attached hydrogens (primary N) is 1. The molecule has 2 rings (SSSR count). The van der Waals surface area contributed by atoms with E-state index in [0.717, 1.165) is 11.5 Å². The number of nitrogens with one attached hydrogen (secondary N) is 1. The summed E-state index contributed by atoms with van der Waals surface area (Å²) in [5, 5.41) is 6.64. The smallest absolute Gasteiger partial charge is 0.269 e. The average molecular weight is 255 g/mol. The SMILES string of the molecule is Nc1ccc(NC(=O)c2cnns2)cc1Cl. The van der Waals surface area contributed by atoms with Gasteiger partial charge in [-0.15, -0.1) is 5.10 Å². The fourth-order valence-electron chi connectivity index (χ4n) is 1.06. The normalized spacial score (nSPS) is 10.1. The molecule has 0 radical (unpaired) electrons. The topological polar surface area (TPSA) is 80.9 Å². The molecule has 0 aliphatic carbocycles. The van der Waals surface area contributed by atoms with Crippen molar-refractivity contribution < 1.29 is 4.79 Å². The van der Waals surface area contributed by atoms with Gasteiger partial charge in [-0.3, -0.25) is 4.79 Å². The lowest BCUT2D eigenvalue weighted by Crippen LogP contribution is -2.10. The van der Waals surface area contributed by atoms with Gasteiger partial charge < -0.3 is 11.1 Å². The van der Waals surface area contributed by atoms with Crippen LogP contribution in [0.3, 0.4) is 0 Å². The molecule has 0 aliphatic rings. The first-order chi connectivity index (χ1) is 7.66. The van der Waals surface area contributed by atoms with Crippen LogP contribution in [-0.4, -0.2) is 15.5 Å². The number of amides is 1. The Hall–Kier alpha value is -1.66. The van der Waals surface area contributed by atoms with Crippen LogP contribution < -0.4 is 11.1 Å². The van der Waals surface area contributed by atoms with Crippen molar-refractivity contribution in [3.8, 4) is 0 Å². The van der Waals surface area contributed by atoms with E-state index in [1.54, 1.807) is 18.2 Å². The number of anilines is 2. The minimum Gasteiger partial charge on any atom is -0.398 e. The van der Waals surface area contributed by atoms with Gasteiger partial charge >= 0.3 is 0 Å². The number of nitrogen functional groups attached to an aromatic ring is 1. The van der Waals surface area contributed by atoms with E-state index in [1.165, 1.54) is 6.20 Å². The first kappa shape index (κ1) is 10.8. The highest BCUT2D eigenvalue weighted by atomic mass is 35.5. The van der Waals surface area contributed by atoms with E-state index in [2.05, 4.69) is 14.9 Å². The second-order valence-electron chi connectivity index (χ2n) is 2.97. The molecule has 3 N–H and O–H groups in total. The van der Waals surface area contributed by atoms with Crippen LogP contribution in [0.2, 0.25) is 5.02 Å². The Kier molecular flexibility index (Phi) is 3.02. The van der Waals surface area contributed by atoms with Gasteiger partial charge in [0.25, 0.3) is 5.91 Å². The molecule has 0 atom stereocenters. The van der Waals surface area contributed by atoms with Crippen molar-refractivity contribution in [2.45, 2.75) is 0 Å². The fraction of sp³-hybridized carbons (Fsp3) is 0. The zero-order valence-corrected chi connectivity index (χ0v) is 9.55. The lowest BCUT2D eigenvalue weighted by atomic mass is 10.3. The number of rotatable bonds is 2. The quantitative estimate of drug-likeness (QED) is 0.804. The van der Waals surface area contributed by atoms with Crippen LogP contribution in [0.15, 0.2) is 24.4 Å². The molecular formula is C9H7ClN4OS. The molecule has 82 valence electrons. The monoisotopic (exact) mass is 254 g/mol. The molecule has 7 heteroatoms.